The van der Waals surface area contributed by atoms with Gasteiger partial charge in [0.15, 0.2) is 0 Å². The number of hydrogen-bond donors (Lipinski definition) is 3. The van der Waals surface area contributed by atoms with Crippen LogP contribution >= 0.6 is 0 Å². The van der Waals surface area contributed by atoms with Crippen molar-refractivity contribution in [2.45, 2.75) is 64.3 Å². The number of nitrogens with zero attached hydrogens (tertiary/aromatic N) is 4. The molecule has 1 aliphatic heterocycles. The molecule has 3 atom stereocenters. The topological polar surface area (TPSA) is 133 Å². The lowest BCUT2D eigenvalue weighted by atomic mass is 9.91. The smallest absolute Gasteiger partial charge is 0.328 e. The zero-order valence-corrected chi connectivity index (χ0v) is 19.7. The Morgan fingerprint density at radius 3 is 2.74 bits per heavy atom. The lowest BCUT2D eigenvalue weighted by Crippen LogP contribution is -2.47. The molecule has 1 saturated heterocycles. The third kappa shape index (κ3) is 4.55. The summed E-state index contributed by atoms with van der Waals surface area (Å²) in [6.45, 7) is 5.93. The number of likely N-dealkylation sites (tertiary alicyclic amines) is 1. The van der Waals surface area contributed by atoms with Gasteiger partial charge in [-0.3, -0.25) is 19.1 Å². The minimum Gasteiger partial charge on any atom is -0.391 e. The molecule has 0 saturated carbocycles. The Balaban J connectivity index is 1.59. The standard InChI is InChI=1S/C24H31N5O5/c1-4-28-18-8-6-5-7-17(18)25-20(28)9-10-21(31)27-13-16(30)11-24(3,34)19(14-27)29-12-15(2)22(32)26-23(29)33/h5-8,12,16,19,30,34H,4,9-11,13-14H2,1-3H3,(H,26,32,33)/t16-,19+,24+/m1/s1. The number of aromatic nitrogens is 4. The molecule has 0 unspecified atom stereocenters. The predicted octanol–water partition coefficient (Wildman–Crippen LogP) is 0.733. The number of carbonyl (C=O) groups is 1. The zero-order chi connectivity index (χ0) is 24.6. The van der Waals surface area contributed by atoms with Gasteiger partial charge in [-0.1, -0.05) is 12.1 Å². The van der Waals surface area contributed by atoms with Crippen LogP contribution < -0.4 is 11.2 Å². The first-order chi connectivity index (χ1) is 16.1. The van der Waals surface area contributed by atoms with Crippen molar-refractivity contribution in [3.63, 3.8) is 0 Å². The average molecular weight is 470 g/mol. The number of H-pyrrole nitrogens is 1. The van der Waals surface area contributed by atoms with E-state index in [1.54, 1.807) is 6.92 Å². The predicted molar refractivity (Wildman–Crippen MR) is 127 cm³/mol. The van der Waals surface area contributed by atoms with Gasteiger partial charge in [0.25, 0.3) is 5.56 Å². The summed E-state index contributed by atoms with van der Waals surface area (Å²) in [5.41, 5.74) is -0.430. The van der Waals surface area contributed by atoms with Crippen LogP contribution in [-0.2, 0) is 17.8 Å². The molecule has 34 heavy (non-hydrogen) atoms. The van der Waals surface area contributed by atoms with Gasteiger partial charge in [0.05, 0.1) is 28.8 Å². The highest BCUT2D eigenvalue weighted by molar-refractivity contribution is 5.78. The fraction of sp³-hybridized carbons (Fsp3) is 0.500. The summed E-state index contributed by atoms with van der Waals surface area (Å²) in [4.78, 5) is 46.0. The number of benzene rings is 1. The Hall–Kier alpha value is -3.24. The van der Waals surface area contributed by atoms with Gasteiger partial charge < -0.3 is 19.7 Å². The van der Waals surface area contributed by atoms with E-state index in [1.165, 1.54) is 22.6 Å². The fourth-order valence-electron chi connectivity index (χ4n) is 4.87. The van der Waals surface area contributed by atoms with E-state index in [0.717, 1.165) is 23.4 Å². The Morgan fingerprint density at radius 2 is 2.00 bits per heavy atom. The summed E-state index contributed by atoms with van der Waals surface area (Å²) in [6, 6.07) is 6.98. The van der Waals surface area contributed by atoms with E-state index < -0.39 is 29.0 Å². The van der Waals surface area contributed by atoms with Crippen LogP contribution in [0, 0.1) is 6.92 Å². The minimum absolute atomic E-state index is 0.0162. The second-order valence-electron chi connectivity index (χ2n) is 9.27. The Labute approximate surface area is 196 Å². The molecule has 10 nitrogen and oxygen atoms in total. The summed E-state index contributed by atoms with van der Waals surface area (Å²) < 4.78 is 3.34. The van der Waals surface area contributed by atoms with E-state index in [1.807, 2.05) is 31.2 Å². The van der Waals surface area contributed by atoms with E-state index in [0.29, 0.717) is 12.0 Å². The molecule has 3 aromatic rings. The van der Waals surface area contributed by atoms with Crippen LogP contribution in [-0.4, -0.2) is 64.9 Å². The summed E-state index contributed by atoms with van der Waals surface area (Å²) >= 11 is 0. The number of aliphatic hydroxyl groups excluding tert-OH is 1. The van der Waals surface area contributed by atoms with Crippen molar-refractivity contribution in [2.24, 2.45) is 0 Å². The highest BCUT2D eigenvalue weighted by Gasteiger charge is 2.41. The van der Waals surface area contributed by atoms with Crippen molar-refractivity contribution < 1.29 is 15.0 Å². The molecule has 0 radical (unpaired) electrons. The highest BCUT2D eigenvalue weighted by Crippen LogP contribution is 2.31. The number of hydrogen-bond acceptors (Lipinski definition) is 6. The molecule has 1 fully saturated rings. The molecule has 3 heterocycles. The number of aliphatic hydroxyl groups is 2. The quantitative estimate of drug-likeness (QED) is 0.505. The molecule has 0 aliphatic carbocycles. The van der Waals surface area contributed by atoms with Crippen LogP contribution in [0.15, 0.2) is 40.1 Å². The van der Waals surface area contributed by atoms with E-state index >= 15 is 0 Å². The molecular weight excluding hydrogens is 438 g/mol. The van der Waals surface area contributed by atoms with Gasteiger partial charge in [-0.15, -0.1) is 0 Å². The lowest BCUT2D eigenvalue weighted by Gasteiger charge is -2.34. The summed E-state index contributed by atoms with van der Waals surface area (Å²) in [6.07, 6.45) is 1.02. The molecule has 1 aromatic carbocycles. The van der Waals surface area contributed by atoms with E-state index in [9.17, 15) is 24.6 Å². The van der Waals surface area contributed by atoms with Gasteiger partial charge >= 0.3 is 5.69 Å². The number of para-hydroxylation sites is 2. The second-order valence-corrected chi connectivity index (χ2v) is 9.27. The molecule has 2 aromatic heterocycles. The molecule has 0 bridgehead atoms. The zero-order valence-electron chi connectivity index (χ0n) is 19.7. The van der Waals surface area contributed by atoms with E-state index in [-0.39, 0.29) is 31.8 Å². The van der Waals surface area contributed by atoms with Crippen molar-refractivity contribution >= 4 is 16.9 Å². The normalized spacial score (nSPS) is 23.3. The largest absolute Gasteiger partial charge is 0.391 e. The highest BCUT2D eigenvalue weighted by atomic mass is 16.3. The third-order valence-corrected chi connectivity index (χ3v) is 6.64. The van der Waals surface area contributed by atoms with Gasteiger partial charge in [0, 0.05) is 50.7 Å². The Bertz CT molecular complexity index is 1320. The SMILES string of the molecule is CCn1c(CCC(=O)N2C[C@H](O)C[C@](C)(O)[C@@H](n3cc(C)c(=O)[nH]c3=O)C2)nc2ccccc21. The molecule has 1 aliphatic rings. The van der Waals surface area contributed by atoms with Crippen molar-refractivity contribution in [2.75, 3.05) is 13.1 Å². The van der Waals surface area contributed by atoms with Crippen LogP contribution in [0.5, 0.6) is 0 Å². The van der Waals surface area contributed by atoms with Gasteiger partial charge in [0.1, 0.15) is 5.82 Å². The first kappa shape index (κ1) is 23.9. The van der Waals surface area contributed by atoms with Crippen LogP contribution in [0.25, 0.3) is 11.0 Å². The third-order valence-electron chi connectivity index (χ3n) is 6.64. The first-order valence-electron chi connectivity index (χ1n) is 11.5. The maximum absolute atomic E-state index is 13.2. The van der Waals surface area contributed by atoms with Crippen molar-refractivity contribution in [1.29, 1.82) is 0 Å². The summed E-state index contributed by atoms with van der Waals surface area (Å²) in [7, 11) is 0. The van der Waals surface area contributed by atoms with Gasteiger partial charge in [-0.05, 0) is 32.9 Å². The number of aryl methyl sites for hydroxylation is 3. The molecular formula is C24H31N5O5. The fourth-order valence-corrected chi connectivity index (χ4v) is 4.87. The van der Waals surface area contributed by atoms with Crippen LogP contribution in [0.2, 0.25) is 0 Å². The van der Waals surface area contributed by atoms with Gasteiger partial charge in [0.2, 0.25) is 5.91 Å². The van der Waals surface area contributed by atoms with Crippen LogP contribution in [0.4, 0.5) is 0 Å². The van der Waals surface area contributed by atoms with E-state index in [4.69, 9.17) is 0 Å². The number of nitrogens with one attached hydrogen (secondary N) is 1. The van der Waals surface area contributed by atoms with Crippen molar-refractivity contribution in [3.05, 3.63) is 62.7 Å². The number of β-amino-alcohol motifs (C(OH)–C–C–N with tert-alkyl or cyclic N) is 1. The molecule has 1 amide bonds. The molecule has 3 N–H and O–H groups in total. The Morgan fingerprint density at radius 1 is 1.26 bits per heavy atom. The van der Waals surface area contributed by atoms with Crippen molar-refractivity contribution in [3.8, 4) is 0 Å². The average Bonchev–Trinajstić information content (AvgIpc) is 3.08. The maximum atomic E-state index is 13.2. The molecule has 4 rings (SSSR count). The van der Waals surface area contributed by atoms with E-state index in [2.05, 4.69) is 14.5 Å². The number of amides is 1. The van der Waals surface area contributed by atoms with Crippen molar-refractivity contribution in [1.82, 2.24) is 24.0 Å². The Kier molecular flexibility index (Phi) is 6.46. The number of fused-ring (bicyclic) bond motifs is 1. The first-order valence-corrected chi connectivity index (χ1v) is 11.5. The monoisotopic (exact) mass is 469 g/mol. The lowest BCUT2D eigenvalue weighted by molar-refractivity contribution is -0.132. The minimum atomic E-state index is -1.47. The van der Waals surface area contributed by atoms with Gasteiger partial charge in [-0.2, -0.15) is 0 Å². The maximum Gasteiger partial charge on any atom is 0.328 e. The number of carbonyl (C=O) groups excluding carboxylic acids is 1. The van der Waals surface area contributed by atoms with Gasteiger partial charge in [-0.25, -0.2) is 9.78 Å². The number of rotatable bonds is 5. The second kappa shape index (κ2) is 9.19. The molecule has 0 spiro atoms. The number of aromatic amines is 1. The molecule has 10 heteroatoms. The molecule has 182 valence electrons. The number of imidazole rings is 1. The van der Waals surface area contributed by atoms with Crippen LogP contribution in [0.3, 0.4) is 0 Å². The summed E-state index contributed by atoms with van der Waals surface area (Å²) in [5, 5.41) is 21.6. The van der Waals surface area contributed by atoms with Crippen LogP contribution in [0.1, 0.15) is 44.1 Å². The summed E-state index contributed by atoms with van der Waals surface area (Å²) in [5.74, 6) is 0.606.